The summed E-state index contributed by atoms with van der Waals surface area (Å²) in [6.07, 6.45) is 7.31. The van der Waals surface area contributed by atoms with Crippen LogP contribution in [0.5, 0.6) is 0 Å². The van der Waals surface area contributed by atoms with Crippen LogP contribution in [-0.4, -0.2) is 10.8 Å². The van der Waals surface area contributed by atoms with Gasteiger partial charge in [0.2, 0.25) is 0 Å². The van der Waals surface area contributed by atoms with Crippen molar-refractivity contribution in [1.82, 2.24) is 4.98 Å². The summed E-state index contributed by atoms with van der Waals surface area (Å²) in [6, 6.07) is 6.42. The fraction of sp³-hybridized carbons (Fsp3) is 0.684. The maximum atomic E-state index is 12.1. The number of Topliss-reactive ketones (excluding diaryl/α,β-unsaturated/α-hetero) is 1. The summed E-state index contributed by atoms with van der Waals surface area (Å²) in [5.41, 5.74) is 2.43. The Bertz CT molecular complexity index is 458. The molecular formula is C19H29NO. The average Bonchev–Trinajstić information content (AvgIpc) is 2.53. The van der Waals surface area contributed by atoms with Crippen molar-refractivity contribution in [2.24, 2.45) is 5.92 Å². The Labute approximate surface area is 129 Å². The molecule has 1 aromatic rings. The summed E-state index contributed by atoms with van der Waals surface area (Å²) in [6.45, 7) is 6.53. The van der Waals surface area contributed by atoms with Gasteiger partial charge in [0.15, 0.2) is 0 Å². The molecule has 1 fully saturated rings. The summed E-state index contributed by atoms with van der Waals surface area (Å²) in [5.74, 6) is 1.86. The van der Waals surface area contributed by atoms with E-state index < -0.39 is 0 Å². The predicted molar refractivity (Wildman–Crippen MR) is 87.6 cm³/mol. The van der Waals surface area contributed by atoms with Crippen LogP contribution in [0.4, 0.5) is 0 Å². The van der Waals surface area contributed by atoms with E-state index in [1.165, 1.54) is 11.4 Å². The van der Waals surface area contributed by atoms with E-state index in [0.717, 1.165) is 44.9 Å². The van der Waals surface area contributed by atoms with Gasteiger partial charge in [-0.15, -0.1) is 0 Å². The predicted octanol–water partition coefficient (Wildman–Crippen LogP) is 5.24. The molecule has 0 bridgehead atoms. The molecular weight excluding hydrogens is 258 g/mol. The molecule has 1 heterocycles. The first-order chi connectivity index (χ1) is 10.1. The monoisotopic (exact) mass is 287 g/mol. The number of carbonyl (C=O) groups excluding carboxylic acids is 1. The van der Waals surface area contributed by atoms with Gasteiger partial charge in [-0.3, -0.25) is 9.78 Å². The fourth-order valence-electron chi connectivity index (χ4n) is 3.28. The van der Waals surface area contributed by atoms with Gasteiger partial charge in [-0.05, 0) is 50.2 Å². The lowest BCUT2D eigenvalue weighted by Gasteiger charge is -2.27. The highest BCUT2D eigenvalue weighted by molar-refractivity contribution is 5.81. The minimum absolute atomic E-state index is 0.320. The maximum absolute atomic E-state index is 12.1. The number of hydrogen-bond acceptors (Lipinski definition) is 2. The largest absolute Gasteiger partial charge is 0.299 e. The average molecular weight is 287 g/mol. The van der Waals surface area contributed by atoms with E-state index in [9.17, 15) is 4.79 Å². The van der Waals surface area contributed by atoms with Crippen LogP contribution in [0.2, 0.25) is 0 Å². The second-order valence-electron chi connectivity index (χ2n) is 6.76. The molecule has 2 nitrogen and oxygen atoms in total. The molecule has 0 unspecified atom stereocenters. The van der Waals surface area contributed by atoms with Crippen LogP contribution in [0, 0.1) is 5.92 Å². The molecule has 0 radical (unpaired) electrons. The molecule has 1 saturated carbocycles. The number of aromatic nitrogens is 1. The number of ketones is 1. The van der Waals surface area contributed by atoms with Crippen LogP contribution in [0.1, 0.15) is 88.9 Å². The second-order valence-corrected chi connectivity index (χ2v) is 6.76. The number of unbranched alkanes of at least 4 members (excludes halogenated alkanes) is 1. The van der Waals surface area contributed by atoms with Crippen molar-refractivity contribution in [3.63, 3.8) is 0 Å². The van der Waals surface area contributed by atoms with Crippen LogP contribution in [-0.2, 0) is 4.79 Å². The lowest BCUT2D eigenvalue weighted by Crippen LogP contribution is -2.21. The highest BCUT2D eigenvalue weighted by Gasteiger charge is 2.27. The standard InChI is InChI=1S/C19H29NO/c1-4-5-9-19(21)16-12-10-15(11-13-16)18-8-6-7-17(20-18)14(2)3/h6-8,14-16H,4-5,9-13H2,1-3H3. The molecule has 21 heavy (non-hydrogen) atoms. The van der Waals surface area contributed by atoms with Crippen LogP contribution < -0.4 is 0 Å². The van der Waals surface area contributed by atoms with Gasteiger partial charge in [0.1, 0.15) is 5.78 Å². The van der Waals surface area contributed by atoms with E-state index in [0.29, 0.717) is 23.5 Å². The normalized spacial score (nSPS) is 22.5. The smallest absolute Gasteiger partial charge is 0.135 e. The van der Waals surface area contributed by atoms with Gasteiger partial charge in [0.25, 0.3) is 0 Å². The Kier molecular flexibility index (Phi) is 5.96. The SMILES string of the molecule is CCCCC(=O)C1CCC(c2cccc(C(C)C)n2)CC1. The van der Waals surface area contributed by atoms with Crippen LogP contribution in [0.3, 0.4) is 0 Å². The molecule has 1 aliphatic rings. The fourth-order valence-corrected chi connectivity index (χ4v) is 3.28. The molecule has 0 atom stereocenters. The number of carbonyl (C=O) groups is 1. The molecule has 0 N–H and O–H groups in total. The molecule has 2 rings (SSSR count). The first-order valence-electron chi connectivity index (χ1n) is 8.61. The number of pyridine rings is 1. The quantitative estimate of drug-likeness (QED) is 0.716. The number of hydrogen-bond donors (Lipinski definition) is 0. The second kappa shape index (κ2) is 7.72. The van der Waals surface area contributed by atoms with Gasteiger partial charge in [-0.1, -0.05) is 33.3 Å². The molecule has 0 spiro atoms. The van der Waals surface area contributed by atoms with E-state index >= 15 is 0 Å². The lowest BCUT2D eigenvalue weighted by molar-refractivity contribution is -0.124. The Hall–Kier alpha value is -1.18. The molecule has 1 aromatic heterocycles. The van der Waals surface area contributed by atoms with Gasteiger partial charge in [-0.2, -0.15) is 0 Å². The summed E-state index contributed by atoms with van der Waals surface area (Å²) in [5, 5.41) is 0. The van der Waals surface area contributed by atoms with Crippen LogP contribution in [0.25, 0.3) is 0 Å². The number of nitrogens with zero attached hydrogens (tertiary/aromatic N) is 1. The van der Waals surface area contributed by atoms with Crippen molar-refractivity contribution in [2.75, 3.05) is 0 Å². The van der Waals surface area contributed by atoms with E-state index in [4.69, 9.17) is 4.98 Å². The third-order valence-electron chi connectivity index (χ3n) is 4.76. The van der Waals surface area contributed by atoms with Crippen molar-refractivity contribution in [3.05, 3.63) is 29.6 Å². The molecule has 0 amide bonds. The molecule has 2 heteroatoms. The lowest BCUT2D eigenvalue weighted by atomic mass is 9.77. The number of rotatable bonds is 6. The van der Waals surface area contributed by atoms with E-state index in [-0.39, 0.29) is 0 Å². The Balaban J connectivity index is 1.92. The Morgan fingerprint density at radius 3 is 2.57 bits per heavy atom. The summed E-state index contributed by atoms with van der Waals surface area (Å²) in [4.78, 5) is 17.0. The maximum Gasteiger partial charge on any atom is 0.135 e. The van der Waals surface area contributed by atoms with Crippen LogP contribution >= 0.6 is 0 Å². The minimum Gasteiger partial charge on any atom is -0.299 e. The first kappa shape index (κ1) is 16.2. The zero-order valence-corrected chi connectivity index (χ0v) is 13.8. The zero-order valence-electron chi connectivity index (χ0n) is 13.8. The van der Waals surface area contributed by atoms with Gasteiger partial charge in [0.05, 0.1) is 0 Å². The molecule has 0 saturated heterocycles. The topological polar surface area (TPSA) is 30.0 Å². The Morgan fingerprint density at radius 1 is 1.24 bits per heavy atom. The molecule has 0 aromatic carbocycles. The minimum atomic E-state index is 0.320. The summed E-state index contributed by atoms with van der Waals surface area (Å²) in [7, 11) is 0. The van der Waals surface area contributed by atoms with E-state index in [1.54, 1.807) is 0 Å². The third-order valence-corrected chi connectivity index (χ3v) is 4.76. The van der Waals surface area contributed by atoms with Gasteiger partial charge < -0.3 is 0 Å². The van der Waals surface area contributed by atoms with Crippen molar-refractivity contribution in [1.29, 1.82) is 0 Å². The van der Waals surface area contributed by atoms with Crippen molar-refractivity contribution >= 4 is 5.78 Å². The van der Waals surface area contributed by atoms with Crippen LogP contribution in [0.15, 0.2) is 18.2 Å². The first-order valence-corrected chi connectivity index (χ1v) is 8.61. The highest BCUT2D eigenvalue weighted by atomic mass is 16.1. The third kappa shape index (κ3) is 4.39. The summed E-state index contributed by atoms with van der Waals surface area (Å²) < 4.78 is 0. The van der Waals surface area contributed by atoms with Crippen molar-refractivity contribution < 1.29 is 4.79 Å². The van der Waals surface area contributed by atoms with Gasteiger partial charge >= 0.3 is 0 Å². The molecule has 116 valence electrons. The zero-order chi connectivity index (χ0) is 15.2. The van der Waals surface area contributed by atoms with E-state index in [2.05, 4.69) is 39.0 Å². The van der Waals surface area contributed by atoms with Crippen molar-refractivity contribution in [3.8, 4) is 0 Å². The van der Waals surface area contributed by atoms with E-state index in [1.807, 2.05) is 0 Å². The van der Waals surface area contributed by atoms with Gasteiger partial charge in [-0.25, -0.2) is 0 Å². The Morgan fingerprint density at radius 2 is 1.95 bits per heavy atom. The molecule has 1 aliphatic carbocycles. The van der Waals surface area contributed by atoms with Gasteiger partial charge in [0, 0.05) is 29.6 Å². The van der Waals surface area contributed by atoms with Crippen molar-refractivity contribution in [2.45, 2.75) is 77.6 Å². The summed E-state index contributed by atoms with van der Waals surface area (Å²) >= 11 is 0. The highest BCUT2D eigenvalue weighted by Crippen LogP contribution is 2.36. The molecule has 0 aliphatic heterocycles.